The highest BCUT2D eigenvalue weighted by atomic mass is 32.2. The monoisotopic (exact) mass is 366 g/mol. The molecule has 0 aromatic heterocycles. The van der Waals surface area contributed by atoms with Crippen molar-refractivity contribution in [1.82, 2.24) is 4.90 Å². The minimum Gasteiger partial charge on any atom is -0.329 e. The van der Waals surface area contributed by atoms with E-state index in [9.17, 15) is 19.7 Å². The molecule has 1 aliphatic heterocycles. The molecule has 2 atom stereocenters. The molecule has 136 valence electrons. The van der Waals surface area contributed by atoms with Gasteiger partial charge in [-0.25, -0.2) is 0 Å². The summed E-state index contributed by atoms with van der Waals surface area (Å²) in [6.07, 6.45) is 3.72. The lowest BCUT2D eigenvalue weighted by atomic mass is 10.1. The number of amides is 2. The number of nitrogens with zero attached hydrogens (tertiary/aromatic N) is 2. The van der Waals surface area contributed by atoms with Crippen molar-refractivity contribution in [3.8, 4) is 0 Å². The van der Waals surface area contributed by atoms with E-state index in [2.05, 4.69) is 5.32 Å². The fraction of sp³-hybridized carbons (Fsp3) is 0.500. The maximum absolute atomic E-state index is 12.6. The van der Waals surface area contributed by atoms with Gasteiger partial charge in [-0.15, -0.1) is 0 Å². The Balaban J connectivity index is 2.08. The molecule has 1 aliphatic rings. The number of benzene rings is 1. The summed E-state index contributed by atoms with van der Waals surface area (Å²) in [4.78, 5) is 37.1. The van der Waals surface area contributed by atoms with E-state index in [1.807, 2.05) is 6.26 Å². The molecule has 1 saturated heterocycles. The third kappa shape index (κ3) is 4.70. The van der Waals surface area contributed by atoms with E-state index < -0.39 is 22.9 Å². The van der Waals surface area contributed by atoms with Crippen LogP contribution in [0.5, 0.6) is 0 Å². The zero-order valence-electron chi connectivity index (χ0n) is 14.0. The van der Waals surface area contributed by atoms with E-state index in [0.717, 1.165) is 5.75 Å². The van der Waals surface area contributed by atoms with Gasteiger partial charge in [0.05, 0.1) is 11.0 Å². The summed E-state index contributed by atoms with van der Waals surface area (Å²) in [6.45, 7) is 0.473. The molecular formula is C16H22N4O4S. The van der Waals surface area contributed by atoms with Crippen molar-refractivity contribution in [1.29, 1.82) is 0 Å². The number of nitro benzene ring substituents is 1. The van der Waals surface area contributed by atoms with Crippen LogP contribution in [0.2, 0.25) is 0 Å². The summed E-state index contributed by atoms with van der Waals surface area (Å²) < 4.78 is 0. The number of likely N-dealkylation sites (tertiary alicyclic amines) is 1. The zero-order valence-corrected chi connectivity index (χ0v) is 14.8. The number of carbonyl (C=O) groups excluding carboxylic acids is 2. The number of nitrogens with two attached hydrogens (primary N) is 1. The van der Waals surface area contributed by atoms with E-state index in [4.69, 9.17) is 5.73 Å². The van der Waals surface area contributed by atoms with E-state index in [-0.39, 0.29) is 17.3 Å². The van der Waals surface area contributed by atoms with Crippen LogP contribution in [0.4, 0.5) is 11.4 Å². The Labute approximate surface area is 150 Å². The molecule has 8 nitrogen and oxygen atoms in total. The van der Waals surface area contributed by atoms with E-state index in [0.29, 0.717) is 25.8 Å². The van der Waals surface area contributed by atoms with Crippen molar-refractivity contribution in [3.05, 3.63) is 34.4 Å². The summed E-state index contributed by atoms with van der Waals surface area (Å²) in [5.41, 5.74) is 5.89. The third-order valence-electron chi connectivity index (χ3n) is 4.15. The van der Waals surface area contributed by atoms with Crippen LogP contribution in [0, 0.1) is 10.1 Å². The molecule has 1 heterocycles. The molecule has 2 rings (SSSR count). The van der Waals surface area contributed by atoms with Gasteiger partial charge in [0, 0.05) is 12.6 Å². The normalized spacial score (nSPS) is 18.0. The second-order valence-corrected chi connectivity index (χ2v) is 6.83. The van der Waals surface area contributed by atoms with Crippen molar-refractivity contribution >= 4 is 35.0 Å². The Morgan fingerprint density at radius 1 is 1.48 bits per heavy atom. The fourth-order valence-corrected chi connectivity index (χ4v) is 3.33. The van der Waals surface area contributed by atoms with E-state index in [1.54, 1.807) is 17.8 Å². The Hall–Kier alpha value is -2.13. The molecule has 0 radical (unpaired) electrons. The largest absolute Gasteiger partial charge is 0.329 e. The number of nitrogens with one attached hydrogen (secondary N) is 1. The zero-order chi connectivity index (χ0) is 18.4. The van der Waals surface area contributed by atoms with Gasteiger partial charge in [-0.3, -0.25) is 19.7 Å². The molecule has 0 bridgehead atoms. The second-order valence-electron chi connectivity index (χ2n) is 5.84. The molecule has 0 saturated carbocycles. The van der Waals surface area contributed by atoms with Gasteiger partial charge >= 0.3 is 0 Å². The number of anilines is 1. The van der Waals surface area contributed by atoms with Crippen LogP contribution in [-0.2, 0) is 9.59 Å². The number of thioether (sulfide) groups is 1. The Bertz CT molecular complexity index is 655. The highest BCUT2D eigenvalue weighted by Crippen LogP contribution is 2.26. The number of para-hydroxylation sites is 2. The number of hydrogen-bond donors (Lipinski definition) is 2. The summed E-state index contributed by atoms with van der Waals surface area (Å²) in [5.74, 6) is 0.111. The maximum atomic E-state index is 12.6. The Morgan fingerprint density at radius 3 is 2.88 bits per heavy atom. The molecule has 1 aromatic rings. The molecule has 3 N–H and O–H groups in total. The second kappa shape index (κ2) is 8.82. The first-order chi connectivity index (χ1) is 12.0. The summed E-state index contributed by atoms with van der Waals surface area (Å²) in [5, 5.41) is 13.6. The first-order valence-electron chi connectivity index (χ1n) is 8.05. The van der Waals surface area contributed by atoms with Crippen molar-refractivity contribution in [3.63, 3.8) is 0 Å². The predicted molar refractivity (Wildman–Crippen MR) is 97.4 cm³/mol. The first kappa shape index (κ1) is 19.2. The van der Waals surface area contributed by atoms with E-state index in [1.165, 1.54) is 23.1 Å². The lowest BCUT2D eigenvalue weighted by Gasteiger charge is -2.26. The highest BCUT2D eigenvalue weighted by molar-refractivity contribution is 7.98. The van der Waals surface area contributed by atoms with Crippen LogP contribution >= 0.6 is 11.8 Å². The van der Waals surface area contributed by atoms with Gasteiger partial charge in [0.1, 0.15) is 11.7 Å². The van der Waals surface area contributed by atoms with E-state index >= 15 is 0 Å². The fourth-order valence-electron chi connectivity index (χ4n) is 2.84. The lowest BCUT2D eigenvalue weighted by molar-refractivity contribution is -0.383. The van der Waals surface area contributed by atoms with Gasteiger partial charge in [-0.05, 0) is 37.3 Å². The van der Waals surface area contributed by atoms with Gasteiger partial charge in [-0.2, -0.15) is 11.8 Å². The van der Waals surface area contributed by atoms with Gasteiger partial charge in [0.2, 0.25) is 11.8 Å². The molecule has 0 aliphatic carbocycles. The van der Waals surface area contributed by atoms with Crippen LogP contribution in [0.3, 0.4) is 0 Å². The Kier molecular flexibility index (Phi) is 6.77. The summed E-state index contributed by atoms with van der Waals surface area (Å²) >= 11 is 1.61. The highest BCUT2D eigenvalue weighted by Gasteiger charge is 2.36. The minimum absolute atomic E-state index is 0.128. The summed E-state index contributed by atoms with van der Waals surface area (Å²) in [6, 6.07) is 4.66. The van der Waals surface area contributed by atoms with Crippen LogP contribution in [-0.4, -0.2) is 52.3 Å². The Morgan fingerprint density at radius 2 is 2.20 bits per heavy atom. The number of hydrogen-bond acceptors (Lipinski definition) is 6. The van der Waals surface area contributed by atoms with Crippen LogP contribution in [0.25, 0.3) is 0 Å². The molecule has 1 fully saturated rings. The standard InChI is InChI=1S/C16H22N4O4S/c1-25-10-8-11(17)16(22)19-9-4-7-14(19)15(21)18-12-5-2-3-6-13(12)20(23)24/h2-3,5-6,11,14H,4,7-10,17H2,1H3,(H,18,21)/t11-,14-/m0/s1. The number of rotatable bonds is 7. The van der Waals surface area contributed by atoms with Crippen molar-refractivity contribution < 1.29 is 14.5 Å². The average molecular weight is 366 g/mol. The van der Waals surface area contributed by atoms with Gasteiger partial charge < -0.3 is 16.0 Å². The minimum atomic E-state index is -0.646. The maximum Gasteiger partial charge on any atom is 0.292 e. The van der Waals surface area contributed by atoms with Crippen LogP contribution in [0.1, 0.15) is 19.3 Å². The van der Waals surface area contributed by atoms with Crippen molar-refractivity contribution in [2.75, 3.05) is 23.9 Å². The van der Waals surface area contributed by atoms with Crippen molar-refractivity contribution in [2.24, 2.45) is 5.73 Å². The molecule has 9 heteroatoms. The van der Waals surface area contributed by atoms with Gasteiger partial charge in [0.25, 0.3) is 5.69 Å². The predicted octanol–water partition coefficient (Wildman–Crippen LogP) is 1.60. The van der Waals surface area contributed by atoms with Crippen LogP contribution in [0.15, 0.2) is 24.3 Å². The quantitative estimate of drug-likeness (QED) is 0.559. The first-order valence-corrected chi connectivity index (χ1v) is 9.44. The van der Waals surface area contributed by atoms with Gasteiger partial charge in [0.15, 0.2) is 0 Å². The average Bonchev–Trinajstić information content (AvgIpc) is 3.09. The smallest absolute Gasteiger partial charge is 0.292 e. The third-order valence-corrected chi connectivity index (χ3v) is 4.79. The molecule has 25 heavy (non-hydrogen) atoms. The summed E-state index contributed by atoms with van der Waals surface area (Å²) in [7, 11) is 0. The number of carbonyl (C=O) groups is 2. The van der Waals surface area contributed by atoms with Crippen LogP contribution < -0.4 is 11.1 Å². The molecule has 0 spiro atoms. The van der Waals surface area contributed by atoms with Crippen molar-refractivity contribution in [2.45, 2.75) is 31.3 Å². The number of nitro groups is 1. The molecule has 0 unspecified atom stereocenters. The van der Waals surface area contributed by atoms with Gasteiger partial charge in [-0.1, -0.05) is 12.1 Å². The molecule has 2 amide bonds. The SMILES string of the molecule is CSCC[C@H](N)C(=O)N1CCC[C@H]1C(=O)Nc1ccccc1[N+](=O)[O-]. The molecule has 1 aromatic carbocycles. The lowest BCUT2D eigenvalue weighted by Crippen LogP contribution is -2.50. The molecular weight excluding hydrogens is 344 g/mol. The topological polar surface area (TPSA) is 119 Å².